The van der Waals surface area contributed by atoms with Gasteiger partial charge in [-0.2, -0.15) is 0 Å². The van der Waals surface area contributed by atoms with Crippen molar-refractivity contribution in [3.8, 4) is 0 Å². The highest BCUT2D eigenvalue weighted by Crippen LogP contribution is 2.42. The maximum absolute atomic E-state index is 13.4. The molecule has 6 heteroatoms. The predicted molar refractivity (Wildman–Crippen MR) is 109 cm³/mol. The number of halogens is 1. The van der Waals surface area contributed by atoms with Gasteiger partial charge in [0.1, 0.15) is 23.4 Å². The smallest absolute Gasteiger partial charge is 0.294 e. The molecule has 1 atom stereocenters. The summed E-state index contributed by atoms with van der Waals surface area (Å²) in [5.41, 5.74) is 1.34. The van der Waals surface area contributed by atoms with Crippen LogP contribution >= 0.6 is 0 Å². The van der Waals surface area contributed by atoms with Crippen LogP contribution in [-0.4, -0.2) is 16.8 Å². The highest BCUT2D eigenvalue weighted by Gasteiger charge is 2.45. The van der Waals surface area contributed by atoms with E-state index in [4.69, 9.17) is 4.42 Å². The first-order valence-electron chi connectivity index (χ1n) is 9.61. The van der Waals surface area contributed by atoms with Crippen LogP contribution in [0, 0.1) is 12.7 Å². The van der Waals surface area contributed by atoms with E-state index in [2.05, 4.69) is 0 Å². The lowest BCUT2D eigenvalue weighted by atomic mass is 9.96. The molecule has 152 valence electrons. The summed E-state index contributed by atoms with van der Waals surface area (Å²) in [4.78, 5) is 27.3. The molecule has 4 rings (SSSR count). The normalized spacial score (nSPS) is 16.4. The standard InChI is InChI=1S/C24H20FNO4/c1-15-7-14-20(30-15)22-21(19(27)13-8-16-5-3-2-4-6-16)23(28)24(29)26(22)18-11-9-17(25)10-12-18/h2-7,9-12,14,22,28H,8,13H2,1H3. The molecule has 3 aromatic rings. The molecule has 2 aromatic carbocycles. The fourth-order valence-electron chi connectivity index (χ4n) is 3.66. The Kier molecular flexibility index (Phi) is 5.23. The van der Waals surface area contributed by atoms with E-state index >= 15 is 0 Å². The molecular weight excluding hydrogens is 385 g/mol. The number of benzene rings is 2. The van der Waals surface area contributed by atoms with E-state index in [0.29, 0.717) is 23.6 Å². The summed E-state index contributed by atoms with van der Waals surface area (Å²) in [6.45, 7) is 1.75. The van der Waals surface area contributed by atoms with Gasteiger partial charge in [-0.3, -0.25) is 14.5 Å². The maximum Gasteiger partial charge on any atom is 0.294 e. The Balaban J connectivity index is 1.70. The number of aryl methyl sites for hydroxylation is 2. The molecule has 0 aliphatic carbocycles. The summed E-state index contributed by atoms with van der Waals surface area (Å²) in [6, 6.07) is 17.3. The Bertz CT molecular complexity index is 1120. The van der Waals surface area contributed by atoms with Gasteiger partial charge in [0.05, 0.1) is 5.57 Å². The number of aliphatic hydroxyl groups is 1. The number of furan rings is 1. The molecule has 1 N–H and O–H groups in total. The van der Waals surface area contributed by atoms with E-state index in [1.54, 1.807) is 19.1 Å². The zero-order valence-electron chi connectivity index (χ0n) is 16.3. The van der Waals surface area contributed by atoms with Crippen LogP contribution < -0.4 is 4.90 Å². The first kappa shape index (κ1) is 19.6. The quantitative estimate of drug-likeness (QED) is 0.638. The number of rotatable bonds is 6. The van der Waals surface area contributed by atoms with Crippen molar-refractivity contribution < 1.29 is 23.5 Å². The Morgan fingerprint density at radius 1 is 1.07 bits per heavy atom. The van der Waals surface area contributed by atoms with Gasteiger partial charge in [-0.25, -0.2) is 4.39 Å². The van der Waals surface area contributed by atoms with Crippen LogP contribution in [0.2, 0.25) is 0 Å². The number of carbonyl (C=O) groups is 2. The first-order valence-corrected chi connectivity index (χ1v) is 9.61. The van der Waals surface area contributed by atoms with E-state index in [0.717, 1.165) is 5.56 Å². The third kappa shape index (κ3) is 3.64. The average Bonchev–Trinajstić information content (AvgIpc) is 3.29. The molecule has 1 aliphatic rings. The molecule has 0 spiro atoms. The van der Waals surface area contributed by atoms with E-state index in [1.807, 2.05) is 30.3 Å². The average molecular weight is 405 g/mol. The molecule has 5 nitrogen and oxygen atoms in total. The topological polar surface area (TPSA) is 70.8 Å². The van der Waals surface area contributed by atoms with Crippen molar-refractivity contribution in [1.82, 2.24) is 0 Å². The Morgan fingerprint density at radius 3 is 2.40 bits per heavy atom. The van der Waals surface area contributed by atoms with Gasteiger partial charge in [-0.1, -0.05) is 30.3 Å². The third-order valence-corrected chi connectivity index (χ3v) is 5.13. The van der Waals surface area contributed by atoms with E-state index in [9.17, 15) is 19.1 Å². The second-order valence-corrected chi connectivity index (χ2v) is 7.17. The number of amides is 1. The first-order chi connectivity index (χ1) is 14.5. The molecule has 1 aliphatic heterocycles. The zero-order chi connectivity index (χ0) is 21.3. The minimum atomic E-state index is -0.917. The molecule has 30 heavy (non-hydrogen) atoms. The Hall–Kier alpha value is -3.67. The summed E-state index contributed by atoms with van der Waals surface area (Å²) in [5.74, 6) is -1.14. The van der Waals surface area contributed by atoms with Crippen LogP contribution in [0.25, 0.3) is 0 Å². The highest BCUT2D eigenvalue weighted by molar-refractivity contribution is 6.16. The van der Waals surface area contributed by atoms with Crippen molar-refractivity contribution in [1.29, 1.82) is 0 Å². The Morgan fingerprint density at radius 2 is 1.77 bits per heavy atom. The van der Waals surface area contributed by atoms with Gasteiger partial charge in [-0.05, 0) is 55.3 Å². The van der Waals surface area contributed by atoms with Gasteiger partial charge in [0.25, 0.3) is 5.91 Å². The highest BCUT2D eigenvalue weighted by atomic mass is 19.1. The lowest BCUT2D eigenvalue weighted by Gasteiger charge is -2.25. The SMILES string of the molecule is Cc1ccc(C2C(C(=O)CCc3ccccc3)=C(O)C(=O)N2c2ccc(F)cc2)o1. The molecule has 0 fully saturated rings. The number of nitrogens with zero attached hydrogens (tertiary/aromatic N) is 1. The third-order valence-electron chi connectivity index (χ3n) is 5.13. The second-order valence-electron chi connectivity index (χ2n) is 7.17. The van der Waals surface area contributed by atoms with Crippen LogP contribution in [0.5, 0.6) is 0 Å². The number of carbonyl (C=O) groups excluding carboxylic acids is 2. The summed E-state index contributed by atoms with van der Waals surface area (Å²) < 4.78 is 19.1. The van der Waals surface area contributed by atoms with Crippen LogP contribution in [0.4, 0.5) is 10.1 Å². The van der Waals surface area contributed by atoms with Gasteiger partial charge >= 0.3 is 0 Å². The van der Waals surface area contributed by atoms with Crippen molar-refractivity contribution >= 4 is 17.4 Å². The van der Waals surface area contributed by atoms with Gasteiger partial charge < -0.3 is 9.52 Å². The number of Topliss-reactive ketones (excluding diaryl/α,β-unsaturated/α-hetero) is 1. The van der Waals surface area contributed by atoms with Gasteiger partial charge in [0, 0.05) is 12.1 Å². The molecular formula is C24H20FNO4. The van der Waals surface area contributed by atoms with Crippen molar-refractivity contribution in [3.05, 3.63) is 101 Å². The van der Waals surface area contributed by atoms with Gasteiger partial charge in [-0.15, -0.1) is 0 Å². The molecule has 0 saturated heterocycles. The number of aliphatic hydroxyl groups excluding tert-OH is 1. The Labute approximate surface area is 173 Å². The van der Waals surface area contributed by atoms with Crippen LogP contribution in [0.3, 0.4) is 0 Å². The second kappa shape index (κ2) is 7.99. The summed E-state index contributed by atoms with van der Waals surface area (Å²) >= 11 is 0. The molecule has 1 amide bonds. The maximum atomic E-state index is 13.4. The van der Waals surface area contributed by atoms with Crippen LogP contribution in [0.15, 0.2) is 82.5 Å². The molecule has 0 bridgehead atoms. The number of ketones is 1. The van der Waals surface area contributed by atoms with Crippen LogP contribution in [-0.2, 0) is 16.0 Å². The van der Waals surface area contributed by atoms with Crippen LogP contribution in [0.1, 0.15) is 29.5 Å². The van der Waals surface area contributed by atoms with E-state index in [1.165, 1.54) is 29.2 Å². The molecule has 0 radical (unpaired) electrons. The molecule has 1 aromatic heterocycles. The van der Waals surface area contributed by atoms with Crippen molar-refractivity contribution in [3.63, 3.8) is 0 Å². The number of hydrogen-bond donors (Lipinski definition) is 1. The zero-order valence-corrected chi connectivity index (χ0v) is 16.3. The fourth-order valence-corrected chi connectivity index (χ4v) is 3.66. The lowest BCUT2D eigenvalue weighted by molar-refractivity contribution is -0.118. The largest absolute Gasteiger partial charge is 0.503 e. The number of hydrogen-bond acceptors (Lipinski definition) is 4. The lowest BCUT2D eigenvalue weighted by Crippen LogP contribution is -2.30. The van der Waals surface area contributed by atoms with Crippen molar-refractivity contribution in [2.75, 3.05) is 4.90 Å². The number of anilines is 1. The summed E-state index contributed by atoms with van der Waals surface area (Å²) in [7, 11) is 0. The monoisotopic (exact) mass is 405 g/mol. The molecule has 2 heterocycles. The van der Waals surface area contributed by atoms with E-state index < -0.39 is 23.5 Å². The van der Waals surface area contributed by atoms with Crippen molar-refractivity contribution in [2.45, 2.75) is 25.8 Å². The predicted octanol–water partition coefficient (Wildman–Crippen LogP) is 4.83. The molecule has 1 unspecified atom stereocenters. The van der Waals surface area contributed by atoms with Gasteiger partial charge in [0.2, 0.25) is 0 Å². The summed E-state index contributed by atoms with van der Waals surface area (Å²) in [5, 5.41) is 10.6. The van der Waals surface area contributed by atoms with E-state index in [-0.39, 0.29) is 17.8 Å². The summed E-state index contributed by atoms with van der Waals surface area (Å²) in [6.07, 6.45) is 0.606. The van der Waals surface area contributed by atoms with Gasteiger partial charge in [0.15, 0.2) is 11.5 Å². The fraction of sp³-hybridized carbons (Fsp3) is 0.167. The minimum Gasteiger partial charge on any atom is -0.503 e. The molecule has 0 saturated carbocycles. The minimum absolute atomic E-state index is 0.00499. The van der Waals surface area contributed by atoms with Crippen molar-refractivity contribution in [2.24, 2.45) is 0 Å².